The van der Waals surface area contributed by atoms with E-state index in [-0.39, 0.29) is 0 Å². The van der Waals surface area contributed by atoms with Crippen LogP contribution >= 0.6 is 0 Å². The summed E-state index contributed by atoms with van der Waals surface area (Å²) < 4.78 is 0. The zero-order valence-corrected chi connectivity index (χ0v) is 13.1. The van der Waals surface area contributed by atoms with Gasteiger partial charge in [0.1, 0.15) is 17.8 Å². The predicted octanol–water partition coefficient (Wildman–Crippen LogP) is 3.78. The van der Waals surface area contributed by atoms with Crippen LogP contribution < -0.4 is 4.90 Å². The molecule has 4 heteroatoms. The SMILES string of the molecule is C=C(C)[C@@H]1CCC(C)[C@H](N(C)c2ncnc3[nH]ccc23)C1. The summed E-state index contributed by atoms with van der Waals surface area (Å²) in [6.45, 7) is 8.67. The van der Waals surface area contributed by atoms with Crippen LogP contribution in [0.4, 0.5) is 5.82 Å². The molecule has 0 radical (unpaired) electrons. The molecule has 3 atom stereocenters. The minimum Gasteiger partial charge on any atom is -0.356 e. The molecule has 3 rings (SSSR count). The second-order valence-electron chi connectivity index (χ2n) is 6.45. The van der Waals surface area contributed by atoms with Crippen LogP contribution in [0.25, 0.3) is 11.0 Å². The van der Waals surface area contributed by atoms with Gasteiger partial charge in [-0.05, 0) is 44.1 Å². The highest BCUT2D eigenvalue weighted by Gasteiger charge is 2.31. The van der Waals surface area contributed by atoms with Gasteiger partial charge in [0.25, 0.3) is 0 Å². The second kappa shape index (κ2) is 5.51. The minimum absolute atomic E-state index is 0.508. The Bertz CT molecular complexity index is 645. The molecule has 21 heavy (non-hydrogen) atoms. The zero-order chi connectivity index (χ0) is 15.0. The fourth-order valence-corrected chi connectivity index (χ4v) is 3.58. The number of rotatable bonds is 3. The third-order valence-electron chi connectivity index (χ3n) is 5.01. The van der Waals surface area contributed by atoms with Gasteiger partial charge in [0.05, 0.1) is 5.39 Å². The highest BCUT2D eigenvalue weighted by Crippen LogP contribution is 2.37. The Morgan fingerprint density at radius 3 is 2.95 bits per heavy atom. The molecule has 2 heterocycles. The van der Waals surface area contributed by atoms with Gasteiger partial charge in [-0.1, -0.05) is 19.1 Å². The fourth-order valence-electron chi connectivity index (χ4n) is 3.58. The van der Waals surface area contributed by atoms with Gasteiger partial charge in [-0.15, -0.1) is 0 Å². The lowest BCUT2D eigenvalue weighted by molar-refractivity contribution is 0.270. The Morgan fingerprint density at radius 2 is 2.19 bits per heavy atom. The Morgan fingerprint density at radius 1 is 1.38 bits per heavy atom. The first-order valence-corrected chi connectivity index (χ1v) is 7.74. The Kier molecular flexibility index (Phi) is 3.70. The average Bonchev–Trinajstić information content (AvgIpc) is 2.95. The molecule has 0 spiro atoms. The summed E-state index contributed by atoms with van der Waals surface area (Å²) in [5.74, 6) is 2.34. The fraction of sp³-hybridized carbons (Fsp3) is 0.529. The summed E-state index contributed by atoms with van der Waals surface area (Å²) in [5.41, 5.74) is 2.22. The first kappa shape index (κ1) is 14.1. The Labute approximate surface area is 126 Å². The van der Waals surface area contributed by atoms with E-state index in [1.807, 2.05) is 6.20 Å². The van der Waals surface area contributed by atoms with E-state index in [2.05, 4.69) is 53.4 Å². The largest absolute Gasteiger partial charge is 0.356 e. The molecule has 0 aromatic carbocycles. The Balaban J connectivity index is 1.91. The summed E-state index contributed by atoms with van der Waals surface area (Å²) >= 11 is 0. The number of allylic oxidation sites excluding steroid dienone is 1. The van der Waals surface area contributed by atoms with Gasteiger partial charge >= 0.3 is 0 Å². The molecular weight excluding hydrogens is 260 g/mol. The monoisotopic (exact) mass is 284 g/mol. The molecule has 4 nitrogen and oxygen atoms in total. The van der Waals surface area contributed by atoms with Crippen LogP contribution in [-0.4, -0.2) is 28.0 Å². The number of hydrogen-bond acceptors (Lipinski definition) is 3. The smallest absolute Gasteiger partial charge is 0.142 e. The summed E-state index contributed by atoms with van der Waals surface area (Å²) in [7, 11) is 2.16. The van der Waals surface area contributed by atoms with Gasteiger partial charge in [-0.2, -0.15) is 0 Å². The van der Waals surface area contributed by atoms with Crippen LogP contribution in [0.1, 0.15) is 33.1 Å². The number of nitrogens with one attached hydrogen (secondary N) is 1. The van der Waals surface area contributed by atoms with Crippen molar-refractivity contribution in [3.05, 3.63) is 30.7 Å². The molecule has 1 saturated carbocycles. The van der Waals surface area contributed by atoms with Crippen molar-refractivity contribution < 1.29 is 0 Å². The number of aromatic amines is 1. The van der Waals surface area contributed by atoms with Crippen LogP contribution in [0.3, 0.4) is 0 Å². The van der Waals surface area contributed by atoms with E-state index < -0.39 is 0 Å². The molecule has 1 aliphatic rings. The van der Waals surface area contributed by atoms with E-state index in [9.17, 15) is 0 Å². The summed E-state index contributed by atoms with van der Waals surface area (Å²) in [6, 6.07) is 2.57. The van der Waals surface area contributed by atoms with E-state index in [4.69, 9.17) is 0 Å². The maximum atomic E-state index is 4.53. The molecule has 0 bridgehead atoms. The molecule has 0 saturated heterocycles. The number of anilines is 1. The molecule has 112 valence electrons. The number of fused-ring (bicyclic) bond motifs is 1. The quantitative estimate of drug-likeness (QED) is 0.872. The number of nitrogens with zero attached hydrogens (tertiary/aromatic N) is 3. The van der Waals surface area contributed by atoms with Crippen LogP contribution in [0.2, 0.25) is 0 Å². The van der Waals surface area contributed by atoms with Gasteiger partial charge in [0.15, 0.2) is 0 Å². The molecule has 2 aromatic rings. The lowest BCUT2D eigenvalue weighted by Crippen LogP contribution is -2.42. The third-order valence-corrected chi connectivity index (χ3v) is 5.01. The van der Waals surface area contributed by atoms with Crippen molar-refractivity contribution in [2.75, 3.05) is 11.9 Å². The van der Waals surface area contributed by atoms with E-state index in [0.717, 1.165) is 16.9 Å². The number of hydrogen-bond donors (Lipinski definition) is 1. The number of aromatic nitrogens is 3. The Hall–Kier alpha value is -1.84. The molecule has 1 unspecified atom stereocenters. The lowest BCUT2D eigenvalue weighted by Gasteiger charge is -2.40. The molecule has 1 fully saturated rings. The van der Waals surface area contributed by atoms with Gasteiger partial charge in [-0.3, -0.25) is 0 Å². The summed E-state index contributed by atoms with van der Waals surface area (Å²) in [4.78, 5) is 14.3. The van der Waals surface area contributed by atoms with E-state index >= 15 is 0 Å². The van der Waals surface area contributed by atoms with Crippen molar-refractivity contribution in [2.45, 2.75) is 39.2 Å². The second-order valence-corrected chi connectivity index (χ2v) is 6.45. The van der Waals surface area contributed by atoms with Crippen molar-refractivity contribution in [3.63, 3.8) is 0 Å². The van der Waals surface area contributed by atoms with Gasteiger partial charge in [0, 0.05) is 19.3 Å². The molecule has 1 N–H and O–H groups in total. The minimum atomic E-state index is 0.508. The maximum Gasteiger partial charge on any atom is 0.142 e. The maximum absolute atomic E-state index is 4.53. The molecule has 0 aliphatic heterocycles. The van der Waals surface area contributed by atoms with Crippen LogP contribution in [0.5, 0.6) is 0 Å². The van der Waals surface area contributed by atoms with Crippen LogP contribution in [-0.2, 0) is 0 Å². The predicted molar refractivity (Wildman–Crippen MR) is 87.4 cm³/mol. The normalized spacial score (nSPS) is 26.0. The van der Waals surface area contributed by atoms with E-state index in [1.165, 1.54) is 24.8 Å². The molecule has 2 aromatic heterocycles. The summed E-state index contributed by atoms with van der Waals surface area (Å²) in [5, 5.41) is 1.10. The number of H-pyrrole nitrogens is 1. The van der Waals surface area contributed by atoms with Gasteiger partial charge in [0.2, 0.25) is 0 Å². The molecule has 0 amide bonds. The van der Waals surface area contributed by atoms with Crippen molar-refractivity contribution in [3.8, 4) is 0 Å². The molecule has 1 aliphatic carbocycles. The highest BCUT2D eigenvalue weighted by atomic mass is 15.2. The third kappa shape index (κ3) is 2.55. The van der Waals surface area contributed by atoms with Crippen molar-refractivity contribution in [1.29, 1.82) is 0 Å². The molecular formula is C17H24N4. The summed E-state index contributed by atoms with van der Waals surface area (Å²) in [6.07, 6.45) is 7.27. The first-order chi connectivity index (χ1) is 10.1. The van der Waals surface area contributed by atoms with E-state index in [0.29, 0.717) is 17.9 Å². The zero-order valence-electron chi connectivity index (χ0n) is 13.1. The lowest BCUT2D eigenvalue weighted by atomic mass is 9.76. The van der Waals surface area contributed by atoms with Crippen LogP contribution in [0.15, 0.2) is 30.7 Å². The van der Waals surface area contributed by atoms with Crippen LogP contribution in [0, 0.1) is 11.8 Å². The first-order valence-electron chi connectivity index (χ1n) is 7.74. The highest BCUT2D eigenvalue weighted by molar-refractivity contribution is 5.87. The van der Waals surface area contributed by atoms with Crippen molar-refractivity contribution in [2.24, 2.45) is 11.8 Å². The van der Waals surface area contributed by atoms with Gasteiger partial charge < -0.3 is 9.88 Å². The van der Waals surface area contributed by atoms with Gasteiger partial charge in [-0.25, -0.2) is 9.97 Å². The van der Waals surface area contributed by atoms with Crippen molar-refractivity contribution >= 4 is 16.9 Å². The average molecular weight is 284 g/mol. The standard InChI is InChI=1S/C17H24N4/c1-11(2)13-6-5-12(3)15(9-13)21(4)17-14-7-8-18-16(14)19-10-20-17/h7-8,10,12-13,15H,1,5-6,9H2,2-4H3,(H,18,19,20)/t12?,13-,15-/m1/s1. The topological polar surface area (TPSA) is 44.8 Å². The van der Waals surface area contributed by atoms with Crippen molar-refractivity contribution in [1.82, 2.24) is 15.0 Å². The van der Waals surface area contributed by atoms with E-state index in [1.54, 1.807) is 6.33 Å².